The normalized spacial score (nSPS) is 17.4. The van der Waals surface area contributed by atoms with Crippen LogP contribution in [0.5, 0.6) is 5.75 Å². The van der Waals surface area contributed by atoms with Crippen LogP contribution in [0.25, 0.3) is 0 Å². The van der Waals surface area contributed by atoms with Crippen LogP contribution in [0.4, 0.5) is 0 Å². The molecule has 0 heterocycles. The summed E-state index contributed by atoms with van der Waals surface area (Å²) in [6, 6.07) is 1.83. The first-order chi connectivity index (χ1) is 20.8. The number of hydrogen-bond acceptors (Lipinski definition) is 9. The lowest BCUT2D eigenvalue weighted by Crippen LogP contribution is -2.49. The van der Waals surface area contributed by atoms with E-state index in [-0.39, 0.29) is 42.7 Å². The van der Waals surface area contributed by atoms with E-state index >= 15 is 0 Å². The van der Waals surface area contributed by atoms with E-state index in [2.05, 4.69) is 21.9 Å². The third-order valence-corrected chi connectivity index (χ3v) is 9.14. The maximum absolute atomic E-state index is 13.4. The molecule has 1 aromatic rings. The van der Waals surface area contributed by atoms with Gasteiger partial charge in [-0.3, -0.25) is 14.4 Å². The summed E-state index contributed by atoms with van der Waals surface area (Å²) in [5, 5.41) is 5.33. The molecule has 1 aromatic carbocycles. The Kier molecular flexibility index (Phi) is 15.0. The topological polar surface area (TPSA) is 192 Å². The molecule has 2 amide bonds. The third-order valence-electron chi connectivity index (χ3n) is 7.36. The van der Waals surface area contributed by atoms with Gasteiger partial charge in [-0.05, 0) is 75.6 Å². The van der Waals surface area contributed by atoms with Gasteiger partial charge in [0, 0.05) is 38.0 Å². The van der Waals surface area contributed by atoms with Crippen LogP contribution in [-0.2, 0) is 29.1 Å². The van der Waals surface area contributed by atoms with Crippen molar-refractivity contribution in [1.29, 1.82) is 0 Å². The van der Waals surface area contributed by atoms with E-state index in [1.807, 2.05) is 12.2 Å². The first-order valence-electron chi connectivity index (χ1n) is 15.0. The van der Waals surface area contributed by atoms with Gasteiger partial charge in [0.05, 0.1) is 18.6 Å². The number of carbonyl (C=O) groups is 3. The number of nitrogens with one attached hydrogen (secondary N) is 3. The number of rotatable bonds is 18. The number of sulfonamides is 1. The second kappa shape index (κ2) is 17.9. The minimum Gasteiger partial charge on any atom is -0.494 e. The van der Waals surface area contributed by atoms with Gasteiger partial charge in [-0.1, -0.05) is 30.7 Å². The molecule has 0 aliphatic heterocycles. The van der Waals surface area contributed by atoms with Crippen molar-refractivity contribution in [1.82, 2.24) is 15.4 Å². The van der Waals surface area contributed by atoms with Gasteiger partial charge in [-0.25, -0.2) is 8.42 Å². The summed E-state index contributed by atoms with van der Waals surface area (Å²) in [5.74, 6) is -0.792. The van der Waals surface area contributed by atoms with Gasteiger partial charge in [-0.15, -0.1) is 0 Å². The number of esters is 1. The molecular formula is C31H49N5O7S. The lowest BCUT2D eigenvalue weighted by molar-refractivity contribution is -0.142. The van der Waals surface area contributed by atoms with E-state index < -0.39 is 27.6 Å². The van der Waals surface area contributed by atoms with E-state index in [0.29, 0.717) is 42.8 Å². The van der Waals surface area contributed by atoms with Gasteiger partial charge in [0.2, 0.25) is 21.8 Å². The molecule has 1 aliphatic rings. The van der Waals surface area contributed by atoms with Crippen molar-refractivity contribution in [2.75, 3.05) is 33.4 Å². The highest BCUT2D eigenvalue weighted by Gasteiger charge is 2.29. The van der Waals surface area contributed by atoms with Crippen molar-refractivity contribution in [3.63, 3.8) is 0 Å². The summed E-state index contributed by atoms with van der Waals surface area (Å²) in [5.41, 5.74) is 13.3. The fourth-order valence-corrected chi connectivity index (χ4v) is 6.69. The molecule has 44 heavy (non-hydrogen) atoms. The summed E-state index contributed by atoms with van der Waals surface area (Å²) < 4.78 is 39.6. The van der Waals surface area contributed by atoms with Crippen LogP contribution in [0.2, 0.25) is 0 Å². The Morgan fingerprint density at radius 1 is 1.07 bits per heavy atom. The van der Waals surface area contributed by atoms with Gasteiger partial charge in [0.1, 0.15) is 11.8 Å². The zero-order valence-corrected chi connectivity index (χ0v) is 27.0. The molecule has 0 bridgehead atoms. The van der Waals surface area contributed by atoms with Crippen molar-refractivity contribution in [3.8, 4) is 5.75 Å². The summed E-state index contributed by atoms with van der Waals surface area (Å²) >= 11 is 0. The molecule has 0 fully saturated rings. The number of benzene rings is 1. The molecule has 0 saturated heterocycles. The number of amides is 2. The molecular weight excluding hydrogens is 586 g/mol. The number of methoxy groups -OCH3 is 1. The van der Waals surface area contributed by atoms with Crippen LogP contribution >= 0.6 is 0 Å². The van der Waals surface area contributed by atoms with Gasteiger partial charge >= 0.3 is 5.97 Å². The fourth-order valence-electron chi connectivity index (χ4n) is 5.05. The van der Waals surface area contributed by atoms with E-state index in [1.165, 1.54) is 0 Å². The molecule has 1 aliphatic carbocycles. The Morgan fingerprint density at radius 2 is 1.73 bits per heavy atom. The maximum atomic E-state index is 13.4. The van der Waals surface area contributed by atoms with Gasteiger partial charge in [-0.2, -0.15) is 4.72 Å². The van der Waals surface area contributed by atoms with Crippen LogP contribution in [0, 0.1) is 13.8 Å². The van der Waals surface area contributed by atoms with Gasteiger partial charge < -0.3 is 31.6 Å². The molecule has 0 aromatic heterocycles. The summed E-state index contributed by atoms with van der Waals surface area (Å²) in [7, 11) is -3.03. The molecule has 13 heteroatoms. The van der Waals surface area contributed by atoms with Crippen molar-refractivity contribution in [3.05, 3.63) is 47.6 Å². The second-order valence-corrected chi connectivity index (χ2v) is 12.9. The molecule has 2 rings (SSSR count). The maximum Gasteiger partial charge on any atom is 0.325 e. The predicted octanol–water partition coefficient (Wildman–Crippen LogP) is 2.03. The number of nitrogens with two attached hydrogens (primary N) is 2. The van der Waals surface area contributed by atoms with Crippen molar-refractivity contribution >= 4 is 27.8 Å². The average molecular weight is 636 g/mol. The Balaban J connectivity index is 1.92. The van der Waals surface area contributed by atoms with Crippen molar-refractivity contribution in [2.45, 2.75) is 88.1 Å². The first-order valence-corrected chi connectivity index (χ1v) is 16.5. The Bertz CT molecular complexity index is 1280. The number of aryl methyl sites for hydroxylation is 2. The predicted molar refractivity (Wildman–Crippen MR) is 169 cm³/mol. The van der Waals surface area contributed by atoms with Crippen LogP contribution in [0.3, 0.4) is 0 Å². The van der Waals surface area contributed by atoms with Gasteiger partial charge in [0.25, 0.3) is 0 Å². The molecule has 12 nitrogen and oxygen atoms in total. The Hall–Kier alpha value is -3.26. The number of allylic oxidation sites excluding steroid dienone is 2. The zero-order chi connectivity index (χ0) is 32.8. The molecule has 0 radical (unpaired) electrons. The van der Waals surface area contributed by atoms with E-state index in [1.54, 1.807) is 26.0 Å². The van der Waals surface area contributed by atoms with Crippen molar-refractivity contribution < 1.29 is 32.3 Å². The SMILES string of the molecule is C=C1C=CC(N)(CCCCC(=O)NC[C@@H](NS(=O)(=O)c2c(C)cc(OCCCC(=O)NCCN)cc2C)C(=O)OC)CCC1. The van der Waals surface area contributed by atoms with Crippen molar-refractivity contribution in [2.24, 2.45) is 11.5 Å². The molecule has 0 spiro atoms. The van der Waals surface area contributed by atoms with Gasteiger partial charge in [0.15, 0.2) is 0 Å². The van der Waals surface area contributed by atoms with Crippen LogP contribution in [-0.4, -0.2) is 71.1 Å². The molecule has 1 unspecified atom stereocenters. The highest BCUT2D eigenvalue weighted by Crippen LogP contribution is 2.27. The number of unbranched alkanes of at least 4 members (excludes halogenated alkanes) is 1. The zero-order valence-electron chi connectivity index (χ0n) is 26.2. The van der Waals surface area contributed by atoms with Crippen LogP contribution < -0.4 is 31.6 Å². The minimum atomic E-state index is -4.18. The monoisotopic (exact) mass is 635 g/mol. The number of ether oxygens (including phenoxy) is 2. The van der Waals surface area contributed by atoms with Crippen LogP contribution in [0.15, 0.2) is 41.3 Å². The molecule has 246 valence electrons. The molecule has 2 atom stereocenters. The largest absolute Gasteiger partial charge is 0.494 e. The average Bonchev–Trinajstić information content (AvgIpc) is 3.13. The van der Waals surface area contributed by atoms with E-state index in [4.69, 9.17) is 20.9 Å². The fraction of sp³-hybridized carbons (Fsp3) is 0.581. The summed E-state index contributed by atoms with van der Waals surface area (Å²) in [6.45, 7) is 8.02. The van der Waals surface area contributed by atoms with E-state index in [0.717, 1.165) is 44.8 Å². The number of carbonyl (C=O) groups excluding carboxylic acids is 3. The lowest BCUT2D eigenvalue weighted by atomic mass is 9.89. The quantitative estimate of drug-likeness (QED) is 0.119. The third kappa shape index (κ3) is 12.4. The smallest absolute Gasteiger partial charge is 0.325 e. The highest BCUT2D eigenvalue weighted by molar-refractivity contribution is 7.89. The highest BCUT2D eigenvalue weighted by atomic mass is 32.2. The Labute approximate surface area is 261 Å². The molecule has 0 saturated carbocycles. The minimum absolute atomic E-state index is 0.00177. The Morgan fingerprint density at radius 3 is 2.39 bits per heavy atom. The van der Waals surface area contributed by atoms with Crippen LogP contribution in [0.1, 0.15) is 68.9 Å². The number of hydrogen-bond donors (Lipinski definition) is 5. The van der Waals surface area contributed by atoms with E-state index in [9.17, 15) is 22.8 Å². The standard InChI is InChI=1S/C31H49N5O7S/c1-22-9-7-14-31(33,15-12-22)13-6-5-10-28(38)35-21-26(30(39)42-4)36-44(40,41)29-23(2)19-25(20-24(29)3)43-18-8-11-27(37)34-17-16-32/h12,15,19-20,26,36H,1,5-11,13-14,16-18,21,32-33H2,2-4H3,(H,34,37)(H,35,38)/t26-,31?/m1/s1. The molecule has 7 N–H and O–H groups in total. The first kappa shape index (κ1) is 36.9. The summed E-state index contributed by atoms with van der Waals surface area (Å²) in [4.78, 5) is 36.7. The summed E-state index contributed by atoms with van der Waals surface area (Å²) in [6.07, 6.45) is 9.81. The lowest BCUT2D eigenvalue weighted by Gasteiger charge is -2.24. The second-order valence-electron chi connectivity index (χ2n) is 11.3.